The van der Waals surface area contributed by atoms with Gasteiger partial charge in [0, 0.05) is 19.2 Å². The maximum atomic E-state index is 10.3. The summed E-state index contributed by atoms with van der Waals surface area (Å²) in [5.41, 5.74) is 8.41. The van der Waals surface area contributed by atoms with Gasteiger partial charge in [-0.05, 0) is 68.8 Å². The summed E-state index contributed by atoms with van der Waals surface area (Å²) in [6.07, 6.45) is 19.5. The second kappa shape index (κ2) is 25.5. The third kappa shape index (κ3) is 15.7. The average molecular weight is 739 g/mol. The Labute approximate surface area is 313 Å². The number of aliphatic hydroxyl groups is 4. The third-order valence-electron chi connectivity index (χ3n) is 11.3. The SMILES string of the molecule is COC(CCCCCCCCCCCCCC[C@@H](OC1O[C@@H](CO)[C@@H](O)[C@@H](O)[C@@H]1O)[C@@H](C)N)CCCCCCCC1NCCc2cc(O)c(O)cc21. The van der Waals surface area contributed by atoms with Crippen molar-refractivity contribution < 1.29 is 44.8 Å². The molecular weight excluding hydrogens is 664 g/mol. The zero-order chi connectivity index (χ0) is 37.7. The molecule has 52 heavy (non-hydrogen) atoms. The zero-order valence-corrected chi connectivity index (χ0v) is 32.3. The number of hydrogen-bond donors (Lipinski definition) is 8. The normalized spacial score (nSPS) is 25.1. The van der Waals surface area contributed by atoms with Crippen molar-refractivity contribution in [2.24, 2.45) is 5.73 Å². The lowest BCUT2D eigenvalue weighted by Gasteiger charge is -2.41. The Hall–Kier alpha value is -1.54. The smallest absolute Gasteiger partial charge is 0.187 e. The molecule has 0 radical (unpaired) electrons. The number of hydrogen-bond acceptors (Lipinski definition) is 11. The second-order valence-electron chi connectivity index (χ2n) is 15.6. The van der Waals surface area contributed by atoms with Gasteiger partial charge in [-0.2, -0.15) is 0 Å². The van der Waals surface area contributed by atoms with Gasteiger partial charge < -0.3 is 55.9 Å². The van der Waals surface area contributed by atoms with Crippen molar-refractivity contribution in [2.45, 2.75) is 203 Å². The number of ether oxygens (including phenoxy) is 3. The van der Waals surface area contributed by atoms with E-state index in [1.165, 1.54) is 96.3 Å². The summed E-state index contributed by atoms with van der Waals surface area (Å²) >= 11 is 0. The van der Waals surface area contributed by atoms with Crippen molar-refractivity contribution >= 4 is 0 Å². The molecule has 1 fully saturated rings. The molecular formula is C41H74N2O9. The van der Waals surface area contributed by atoms with Gasteiger partial charge in [-0.15, -0.1) is 0 Å². The Morgan fingerprint density at radius 1 is 0.750 bits per heavy atom. The first kappa shape index (κ1) is 44.9. The molecule has 1 aromatic rings. The first-order valence-electron chi connectivity index (χ1n) is 20.7. The van der Waals surface area contributed by atoms with Gasteiger partial charge in [-0.1, -0.05) is 109 Å². The summed E-state index contributed by atoms with van der Waals surface area (Å²) in [6.45, 7) is 2.28. The Morgan fingerprint density at radius 2 is 1.27 bits per heavy atom. The van der Waals surface area contributed by atoms with Crippen LogP contribution in [0.15, 0.2) is 12.1 Å². The maximum absolute atomic E-state index is 10.3. The molecule has 302 valence electrons. The van der Waals surface area contributed by atoms with Crippen molar-refractivity contribution in [3.05, 3.63) is 23.3 Å². The van der Waals surface area contributed by atoms with Crippen molar-refractivity contribution in [1.82, 2.24) is 5.32 Å². The number of phenols is 2. The largest absolute Gasteiger partial charge is 0.504 e. The first-order chi connectivity index (χ1) is 25.2. The maximum Gasteiger partial charge on any atom is 0.187 e. The monoisotopic (exact) mass is 739 g/mol. The van der Waals surface area contributed by atoms with Crippen LogP contribution in [0.3, 0.4) is 0 Å². The lowest BCUT2D eigenvalue weighted by atomic mass is 9.90. The fraction of sp³-hybridized carbons (Fsp3) is 0.854. The minimum Gasteiger partial charge on any atom is -0.504 e. The van der Waals surface area contributed by atoms with Crippen LogP contribution < -0.4 is 11.1 Å². The quantitative estimate of drug-likeness (QED) is 0.0371. The molecule has 9 atom stereocenters. The van der Waals surface area contributed by atoms with Crippen LogP contribution in [0.25, 0.3) is 0 Å². The fourth-order valence-electron chi connectivity index (χ4n) is 7.85. The van der Waals surface area contributed by atoms with Gasteiger partial charge >= 0.3 is 0 Å². The number of nitrogens with two attached hydrogens (primary N) is 1. The summed E-state index contributed by atoms with van der Waals surface area (Å²) in [5.74, 6) is -0.0390. The third-order valence-corrected chi connectivity index (χ3v) is 11.3. The molecule has 0 bridgehead atoms. The molecule has 0 spiro atoms. The van der Waals surface area contributed by atoms with E-state index in [0.717, 1.165) is 62.6 Å². The Morgan fingerprint density at radius 3 is 1.81 bits per heavy atom. The van der Waals surface area contributed by atoms with E-state index in [9.17, 15) is 30.6 Å². The minimum absolute atomic E-state index is 0.0170. The number of nitrogens with one attached hydrogen (secondary N) is 1. The number of fused-ring (bicyclic) bond motifs is 1. The molecule has 3 unspecified atom stereocenters. The predicted octanol–water partition coefficient (Wildman–Crippen LogP) is 6.02. The van der Waals surface area contributed by atoms with E-state index in [1.54, 1.807) is 12.1 Å². The van der Waals surface area contributed by atoms with Gasteiger partial charge in [0.15, 0.2) is 17.8 Å². The first-order valence-corrected chi connectivity index (χ1v) is 20.7. The highest BCUT2D eigenvalue weighted by Gasteiger charge is 2.45. The van der Waals surface area contributed by atoms with Gasteiger partial charge in [-0.3, -0.25) is 0 Å². The summed E-state index contributed by atoms with van der Waals surface area (Å²) in [5, 5.41) is 63.0. The van der Waals surface area contributed by atoms with Crippen LogP contribution in [0.5, 0.6) is 11.5 Å². The average Bonchev–Trinajstić information content (AvgIpc) is 3.13. The van der Waals surface area contributed by atoms with E-state index in [2.05, 4.69) is 5.32 Å². The molecule has 0 aromatic heterocycles. The Balaban J connectivity index is 1.09. The number of aliphatic hydroxyl groups excluding tert-OH is 4. The highest BCUT2D eigenvalue weighted by Crippen LogP contribution is 2.35. The van der Waals surface area contributed by atoms with Gasteiger partial charge in [-0.25, -0.2) is 0 Å². The van der Waals surface area contributed by atoms with Crippen LogP contribution in [0, 0.1) is 0 Å². The van der Waals surface area contributed by atoms with Gasteiger partial charge in [0.25, 0.3) is 0 Å². The zero-order valence-electron chi connectivity index (χ0n) is 32.3. The van der Waals surface area contributed by atoms with Crippen LogP contribution in [-0.2, 0) is 20.6 Å². The van der Waals surface area contributed by atoms with E-state index in [0.29, 0.717) is 6.10 Å². The number of rotatable bonds is 28. The minimum atomic E-state index is -1.45. The molecule has 0 saturated carbocycles. The van der Waals surface area contributed by atoms with E-state index in [4.69, 9.17) is 19.9 Å². The fourth-order valence-corrected chi connectivity index (χ4v) is 7.85. The van der Waals surface area contributed by atoms with Crippen molar-refractivity contribution in [3.63, 3.8) is 0 Å². The molecule has 11 nitrogen and oxygen atoms in total. The van der Waals surface area contributed by atoms with Crippen LogP contribution in [0.2, 0.25) is 0 Å². The summed E-state index contributed by atoms with van der Waals surface area (Å²) in [7, 11) is 1.86. The van der Waals surface area contributed by atoms with E-state index in [1.807, 2.05) is 14.0 Å². The molecule has 2 heterocycles. The Bertz CT molecular complexity index is 1080. The second-order valence-corrected chi connectivity index (χ2v) is 15.6. The molecule has 3 rings (SSSR count). The predicted molar refractivity (Wildman–Crippen MR) is 204 cm³/mol. The topological polar surface area (TPSA) is 187 Å². The van der Waals surface area contributed by atoms with Crippen molar-refractivity contribution in [3.8, 4) is 11.5 Å². The van der Waals surface area contributed by atoms with Crippen LogP contribution in [-0.4, -0.2) is 99.9 Å². The molecule has 1 saturated heterocycles. The number of unbranched alkanes of at least 4 members (excludes halogenated alkanes) is 15. The summed E-state index contributed by atoms with van der Waals surface area (Å²) in [4.78, 5) is 0. The van der Waals surface area contributed by atoms with Gasteiger partial charge in [0.05, 0.1) is 18.8 Å². The standard InChI is InChI=1S/C41H74N2O9/c1-29(42)36(51-41-40(49)39(48)38(47)37(28-44)52-41)23-19-15-10-8-6-4-3-5-7-9-12-16-20-31(50-2)21-17-13-11-14-18-22-33-32-27-35(46)34(45)26-30(32)24-25-43-33/h26-27,29,31,33,36-41,43-49H,3-25,28,42H2,1-2H3/t29-,31?,33?,36-,37+,38-,39-,40+,41?/m1/s1. The van der Waals surface area contributed by atoms with Gasteiger partial charge in [0.1, 0.15) is 24.4 Å². The lowest BCUT2D eigenvalue weighted by molar-refractivity contribution is -0.312. The van der Waals surface area contributed by atoms with E-state index >= 15 is 0 Å². The van der Waals surface area contributed by atoms with Crippen LogP contribution >= 0.6 is 0 Å². The van der Waals surface area contributed by atoms with Crippen LogP contribution in [0.1, 0.15) is 159 Å². The van der Waals surface area contributed by atoms with Crippen molar-refractivity contribution in [1.29, 1.82) is 0 Å². The highest BCUT2D eigenvalue weighted by atomic mass is 16.7. The molecule has 11 heteroatoms. The number of aromatic hydroxyl groups is 2. The van der Waals surface area contributed by atoms with Crippen LogP contribution in [0.4, 0.5) is 0 Å². The summed E-state index contributed by atoms with van der Waals surface area (Å²) < 4.78 is 17.2. The molecule has 2 aliphatic heterocycles. The lowest BCUT2D eigenvalue weighted by Crippen LogP contribution is -2.60. The molecule has 0 aliphatic carbocycles. The van der Waals surface area contributed by atoms with E-state index in [-0.39, 0.29) is 29.7 Å². The summed E-state index contributed by atoms with van der Waals surface area (Å²) in [6, 6.07) is 3.44. The molecule has 1 aromatic carbocycles. The number of benzene rings is 1. The molecule has 9 N–H and O–H groups in total. The molecule has 0 amide bonds. The number of methoxy groups -OCH3 is 1. The van der Waals surface area contributed by atoms with E-state index < -0.39 is 37.3 Å². The molecule has 2 aliphatic rings. The number of phenolic OH excluding ortho intramolecular Hbond substituents is 2. The highest BCUT2D eigenvalue weighted by molar-refractivity contribution is 5.47. The van der Waals surface area contributed by atoms with Crippen molar-refractivity contribution in [2.75, 3.05) is 20.3 Å². The Kier molecular flexibility index (Phi) is 22.0. The van der Waals surface area contributed by atoms with Gasteiger partial charge in [0.2, 0.25) is 0 Å².